The van der Waals surface area contributed by atoms with Gasteiger partial charge in [-0.25, -0.2) is 4.98 Å². The Hall–Kier alpha value is -1.95. The lowest BCUT2D eigenvalue weighted by Gasteiger charge is -2.10. The smallest absolute Gasteiger partial charge is 0.232 e. The zero-order valence-corrected chi connectivity index (χ0v) is 15.4. The van der Waals surface area contributed by atoms with Gasteiger partial charge in [-0.1, -0.05) is 24.6 Å². The number of nitrogens with zero attached hydrogens (tertiary/aromatic N) is 1. The number of amides is 1. The van der Waals surface area contributed by atoms with Gasteiger partial charge in [-0.05, 0) is 39.3 Å². The largest absolute Gasteiger partial charge is 0.441 e. The fourth-order valence-electron chi connectivity index (χ4n) is 2.23. The van der Waals surface area contributed by atoms with E-state index in [1.54, 1.807) is 6.92 Å². The molecule has 0 aliphatic rings. The Bertz CT molecular complexity index is 740. The van der Waals surface area contributed by atoms with Crippen molar-refractivity contribution in [1.82, 2.24) is 10.3 Å². The molecule has 130 valence electrons. The fraction of sp³-hybridized carbons (Fsp3) is 0.444. The average molecular weight is 348 g/mol. The van der Waals surface area contributed by atoms with E-state index in [9.17, 15) is 9.00 Å². The molecule has 2 rings (SSSR count). The second kappa shape index (κ2) is 8.24. The minimum Gasteiger partial charge on any atom is -0.441 e. The number of rotatable bonds is 7. The number of benzene rings is 1. The lowest BCUT2D eigenvalue weighted by molar-refractivity contribution is -0.119. The van der Waals surface area contributed by atoms with E-state index in [1.807, 2.05) is 45.0 Å². The summed E-state index contributed by atoms with van der Waals surface area (Å²) in [5, 5.41) is 2.82. The number of aryl methyl sites for hydroxylation is 2. The summed E-state index contributed by atoms with van der Waals surface area (Å²) >= 11 is 0. The van der Waals surface area contributed by atoms with Crippen molar-refractivity contribution >= 4 is 16.7 Å². The first-order valence-corrected chi connectivity index (χ1v) is 9.55. The van der Waals surface area contributed by atoms with Crippen LogP contribution in [0.15, 0.2) is 28.7 Å². The summed E-state index contributed by atoms with van der Waals surface area (Å²) in [6.45, 7) is 7.73. The molecule has 0 saturated heterocycles. The lowest BCUT2D eigenvalue weighted by atomic mass is 10.1. The monoisotopic (exact) mass is 348 g/mol. The molecule has 0 unspecified atom stereocenters. The molecule has 2 aromatic rings. The van der Waals surface area contributed by atoms with Gasteiger partial charge in [0.25, 0.3) is 0 Å². The van der Waals surface area contributed by atoms with Crippen molar-refractivity contribution in [1.29, 1.82) is 0 Å². The molecule has 0 saturated carbocycles. The van der Waals surface area contributed by atoms with Crippen molar-refractivity contribution in [3.05, 3.63) is 41.3 Å². The van der Waals surface area contributed by atoms with Crippen LogP contribution in [-0.4, -0.2) is 26.9 Å². The van der Waals surface area contributed by atoms with E-state index in [4.69, 9.17) is 4.42 Å². The van der Waals surface area contributed by atoms with Crippen LogP contribution in [0.4, 0.5) is 0 Å². The van der Waals surface area contributed by atoms with E-state index in [0.29, 0.717) is 17.3 Å². The molecule has 24 heavy (non-hydrogen) atoms. The Kier molecular flexibility index (Phi) is 6.31. The summed E-state index contributed by atoms with van der Waals surface area (Å²) in [7, 11) is -1.31. The maximum absolute atomic E-state index is 12.2. The zero-order chi connectivity index (χ0) is 17.7. The van der Waals surface area contributed by atoms with Crippen molar-refractivity contribution in [2.45, 2.75) is 45.9 Å². The Labute approximate surface area is 145 Å². The molecule has 0 fully saturated rings. The third kappa shape index (κ3) is 5.03. The van der Waals surface area contributed by atoms with E-state index in [2.05, 4.69) is 10.3 Å². The molecule has 0 aliphatic heterocycles. The molecule has 1 amide bonds. The Morgan fingerprint density at radius 3 is 2.79 bits per heavy atom. The molecule has 2 atom stereocenters. The van der Waals surface area contributed by atoms with Gasteiger partial charge >= 0.3 is 0 Å². The number of aromatic nitrogens is 1. The summed E-state index contributed by atoms with van der Waals surface area (Å²) < 4.78 is 17.9. The molecule has 5 nitrogen and oxygen atoms in total. The van der Waals surface area contributed by atoms with Gasteiger partial charge in [-0.2, -0.15) is 0 Å². The third-order valence-corrected chi connectivity index (χ3v) is 4.95. The summed E-state index contributed by atoms with van der Waals surface area (Å²) in [4.78, 5) is 16.3. The minimum atomic E-state index is -1.31. The standard InChI is InChI=1S/C18H24N2O3S/c1-5-13(3)19-17(21)11-24(22)10-16-14(4)23-18(20-16)15-8-6-7-12(2)9-15/h6-9,13H,5,10-11H2,1-4H3,(H,19,21)/t13-,24-/m0/s1. The van der Waals surface area contributed by atoms with Gasteiger partial charge in [-0.3, -0.25) is 9.00 Å². The van der Waals surface area contributed by atoms with Crippen molar-refractivity contribution < 1.29 is 13.4 Å². The predicted octanol–water partition coefficient (Wildman–Crippen LogP) is 3.12. The molecule has 1 aromatic heterocycles. The normalized spacial score (nSPS) is 13.5. The number of oxazole rings is 1. The average Bonchev–Trinajstić information content (AvgIpc) is 2.87. The maximum atomic E-state index is 12.2. The van der Waals surface area contributed by atoms with Gasteiger partial charge in [0.1, 0.15) is 11.5 Å². The first kappa shape index (κ1) is 18.4. The van der Waals surface area contributed by atoms with Crippen LogP contribution in [-0.2, 0) is 21.3 Å². The molecular weight excluding hydrogens is 324 g/mol. The van der Waals surface area contributed by atoms with Crippen molar-refractivity contribution in [3.8, 4) is 11.5 Å². The Morgan fingerprint density at radius 1 is 1.38 bits per heavy atom. The van der Waals surface area contributed by atoms with Crippen molar-refractivity contribution in [2.24, 2.45) is 0 Å². The number of carbonyl (C=O) groups is 1. The van der Waals surface area contributed by atoms with Gasteiger partial charge in [0.2, 0.25) is 11.8 Å². The summed E-state index contributed by atoms with van der Waals surface area (Å²) in [5.74, 6) is 1.17. The van der Waals surface area contributed by atoms with Crippen LogP contribution in [0.1, 0.15) is 37.3 Å². The molecule has 1 aromatic carbocycles. The number of carbonyl (C=O) groups excluding carboxylic acids is 1. The first-order valence-electron chi connectivity index (χ1n) is 8.06. The van der Waals surface area contributed by atoms with Crippen LogP contribution in [0.25, 0.3) is 11.5 Å². The SMILES string of the molecule is CC[C@H](C)NC(=O)C[S@@](=O)Cc1nc(-c2cccc(C)c2)oc1C. The first-order chi connectivity index (χ1) is 11.4. The lowest BCUT2D eigenvalue weighted by Crippen LogP contribution is -2.35. The molecule has 1 N–H and O–H groups in total. The highest BCUT2D eigenvalue weighted by molar-refractivity contribution is 7.84. The highest BCUT2D eigenvalue weighted by Gasteiger charge is 2.16. The van der Waals surface area contributed by atoms with E-state index in [-0.39, 0.29) is 23.5 Å². The second-order valence-corrected chi connectivity index (χ2v) is 7.45. The number of hydrogen-bond acceptors (Lipinski definition) is 4. The second-order valence-electron chi connectivity index (χ2n) is 6.00. The molecule has 1 heterocycles. The van der Waals surface area contributed by atoms with Crippen LogP contribution >= 0.6 is 0 Å². The summed E-state index contributed by atoms with van der Waals surface area (Å²) in [6.07, 6.45) is 0.848. The van der Waals surface area contributed by atoms with Crippen molar-refractivity contribution in [3.63, 3.8) is 0 Å². The zero-order valence-electron chi connectivity index (χ0n) is 14.6. The van der Waals surface area contributed by atoms with E-state index >= 15 is 0 Å². The van der Waals surface area contributed by atoms with Crippen LogP contribution in [0.2, 0.25) is 0 Å². The molecule has 0 radical (unpaired) electrons. The Morgan fingerprint density at radius 2 is 2.12 bits per heavy atom. The predicted molar refractivity (Wildman–Crippen MR) is 96.0 cm³/mol. The van der Waals surface area contributed by atoms with Gasteiger partial charge in [0.15, 0.2) is 0 Å². The quantitative estimate of drug-likeness (QED) is 0.834. The minimum absolute atomic E-state index is 0.0174. The molecule has 0 aliphatic carbocycles. The Balaban J connectivity index is 2.03. The van der Waals surface area contributed by atoms with Crippen LogP contribution in [0.3, 0.4) is 0 Å². The number of hydrogen-bond donors (Lipinski definition) is 1. The highest BCUT2D eigenvalue weighted by atomic mass is 32.2. The van der Waals surface area contributed by atoms with Crippen LogP contribution < -0.4 is 5.32 Å². The maximum Gasteiger partial charge on any atom is 0.232 e. The highest BCUT2D eigenvalue weighted by Crippen LogP contribution is 2.23. The number of nitrogens with one attached hydrogen (secondary N) is 1. The summed E-state index contributed by atoms with van der Waals surface area (Å²) in [6, 6.07) is 7.97. The molecule has 0 spiro atoms. The molecular formula is C18H24N2O3S. The van der Waals surface area contributed by atoms with Gasteiger partial charge in [-0.15, -0.1) is 0 Å². The van der Waals surface area contributed by atoms with E-state index in [1.165, 1.54) is 0 Å². The van der Waals surface area contributed by atoms with Crippen LogP contribution in [0.5, 0.6) is 0 Å². The van der Waals surface area contributed by atoms with Gasteiger partial charge in [0.05, 0.1) is 11.4 Å². The fourth-order valence-corrected chi connectivity index (χ4v) is 3.28. The molecule has 6 heteroatoms. The topological polar surface area (TPSA) is 72.2 Å². The van der Waals surface area contributed by atoms with Gasteiger partial charge in [0, 0.05) is 22.4 Å². The van der Waals surface area contributed by atoms with Gasteiger partial charge < -0.3 is 9.73 Å². The molecule has 0 bridgehead atoms. The van der Waals surface area contributed by atoms with E-state index < -0.39 is 10.8 Å². The van der Waals surface area contributed by atoms with E-state index in [0.717, 1.165) is 17.5 Å². The summed E-state index contributed by atoms with van der Waals surface area (Å²) in [5.41, 5.74) is 2.65. The third-order valence-electron chi connectivity index (χ3n) is 3.77. The van der Waals surface area contributed by atoms with Crippen molar-refractivity contribution in [2.75, 3.05) is 5.75 Å². The van der Waals surface area contributed by atoms with Crippen LogP contribution in [0, 0.1) is 13.8 Å².